The zero-order valence-electron chi connectivity index (χ0n) is 27.2. The van der Waals surface area contributed by atoms with Gasteiger partial charge < -0.3 is 23.5 Å². The summed E-state index contributed by atoms with van der Waals surface area (Å²) >= 11 is 0. The predicted octanol–water partition coefficient (Wildman–Crippen LogP) is 4.86. The number of fused-ring (bicyclic) bond motifs is 5. The Hall–Kier alpha value is -2.63. The summed E-state index contributed by atoms with van der Waals surface area (Å²) in [5.41, 5.74) is -6.63. The van der Waals surface area contributed by atoms with Gasteiger partial charge in [-0.25, -0.2) is 8.42 Å². The molecule has 11 unspecified atom stereocenters. The molecular formula is C31H41F6O11S-. The van der Waals surface area contributed by atoms with Crippen LogP contribution in [-0.2, 0) is 48.2 Å². The van der Waals surface area contributed by atoms with E-state index in [0.717, 1.165) is 0 Å². The van der Waals surface area contributed by atoms with E-state index < -0.39 is 69.8 Å². The first-order chi connectivity index (χ1) is 22.6. The molecular weight excluding hydrogens is 694 g/mol. The number of carbonyl (C=O) groups is 4. The number of rotatable bonds is 13. The van der Waals surface area contributed by atoms with E-state index in [1.165, 1.54) is 0 Å². The van der Waals surface area contributed by atoms with Crippen LogP contribution in [0.15, 0.2) is 0 Å². The Balaban J connectivity index is 1.59. The lowest BCUT2D eigenvalue weighted by Gasteiger charge is -2.64. The van der Waals surface area contributed by atoms with Crippen LogP contribution in [0.25, 0.3) is 0 Å². The lowest BCUT2D eigenvalue weighted by Crippen LogP contribution is -2.63. The van der Waals surface area contributed by atoms with Crippen LogP contribution < -0.4 is 0 Å². The highest BCUT2D eigenvalue weighted by Gasteiger charge is 2.75. The number of alkyl halides is 6. The molecule has 4 aliphatic rings. The van der Waals surface area contributed by atoms with Gasteiger partial charge in [-0.05, 0) is 86.4 Å². The molecule has 0 aromatic heterocycles. The number of halogens is 6. The van der Waals surface area contributed by atoms with Crippen molar-refractivity contribution in [3.05, 3.63) is 0 Å². The van der Waals surface area contributed by atoms with Crippen LogP contribution in [0.3, 0.4) is 0 Å². The molecule has 0 N–H and O–H groups in total. The summed E-state index contributed by atoms with van der Waals surface area (Å²) in [6.07, 6.45) is -11.8. The molecule has 280 valence electrons. The van der Waals surface area contributed by atoms with E-state index in [1.54, 1.807) is 6.92 Å². The first-order valence-electron chi connectivity index (χ1n) is 16.2. The van der Waals surface area contributed by atoms with Crippen molar-refractivity contribution in [3.63, 3.8) is 0 Å². The fraction of sp³-hybridized carbons (Fsp3) is 0.871. The van der Waals surface area contributed by atoms with Crippen molar-refractivity contribution in [3.8, 4) is 0 Å². The van der Waals surface area contributed by atoms with Gasteiger partial charge in [-0.1, -0.05) is 20.8 Å². The Labute approximate surface area is 279 Å². The fourth-order valence-corrected chi connectivity index (χ4v) is 11.1. The summed E-state index contributed by atoms with van der Waals surface area (Å²) in [6.45, 7) is 6.83. The average Bonchev–Trinajstić information content (AvgIpc) is 3.33. The lowest BCUT2D eigenvalue weighted by molar-refractivity contribution is -0.361. The number of ether oxygens (including phenoxy) is 4. The van der Waals surface area contributed by atoms with Crippen molar-refractivity contribution in [2.24, 2.45) is 46.3 Å². The Morgan fingerprint density at radius 1 is 0.898 bits per heavy atom. The van der Waals surface area contributed by atoms with Gasteiger partial charge in [0.25, 0.3) is 19.4 Å². The predicted molar refractivity (Wildman–Crippen MR) is 153 cm³/mol. The van der Waals surface area contributed by atoms with Gasteiger partial charge in [0.1, 0.15) is 18.3 Å². The van der Waals surface area contributed by atoms with Gasteiger partial charge >= 0.3 is 23.9 Å². The molecule has 0 heterocycles. The van der Waals surface area contributed by atoms with Crippen molar-refractivity contribution in [2.45, 2.75) is 115 Å². The van der Waals surface area contributed by atoms with Crippen LogP contribution in [0.5, 0.6) is 0 Å². The molecule has 4 saturated carbocycles. The number of esters is 1. The van der Waals surface area contributed by atoms with Crippen molar-refractivity contribution >= 4 is 35.5 Å². The minimum atomic E-state index is -6.47. The number of hydrogen-bond acceptors (Lipinski definition) is 11. The van der Waals surface area contributed by atoms with E-state index in [4.69, 9.17) is 14.2 Å². The Bertz CT molecular complexity index is 1340. The first-order valence-corrected chi connectivity index (χ1v) is 17.7. The van der Waals surface area contributed by atoms with Crippen LogP contribution in [-0.4, -0.2) is 80.4 Å². The quantitative estimate of drug-likeness (QED) is 0.0835. The molecule has 0 aliphatic heterocycles. The molecule has 0 aromatic rings. The molecule has 0 radical (unpaired) electrons. The zero-order chi connectivity index (χ0) is 36.8. The molecule has 0 aromatic carbocycles. The fourth-order valence-electron chi connectivity index (χ4n) is 10.3. The third kappa shape index (κ3) is 7.13. The van der Waals surface area contributed by atoms with Gasteiger partial charge in [-0.15, -0.1) is 0 Å². The maximum Gasteiger partial charge on any atom is 0.438 e. The highest BCUT2D eigenvalue weighted by Crippen LogP contribution is 2.69. The Morgan fingerprint density at radius 2 is 1.51 bits per heavy atom. The SMILES string of the molecule is CC(CCC(=O)OC(CS(=O)(=O)[O-])(C(F)(F)F)C(F)(F)F)C1CCC2C3C(OC=O)CC4CC(OC=O)CCC4(C)C3CC(OC=O)C12C. The normalized spacial score (nSPS) is 37.0. The van der Waals surface area contributed by atoms with Crippen LogP contribution in [0.1, 0.15) is 78.6 Å². The molecule has 49 heavy (non-hydrogen) atoms. The number of carbonyl (C=O) groups excluding carboxylic acids is 4. The lowest BCUT2D eigenvalue weighted by atomic mass is 9.43. The molecule has 0 bridgehead atoms. The van der Waals surface area contributed by atoms with Crippen molar-refractivity contribution < 1.29 is 77.4 Å². The summed E-state index contributed by atoms with van der Waals surface area (Å²) in [4.78, 5) is 47.2. The van der Waals surface area contributed by atoms with E-state index in [2.05, 4.69) is 11.7 Å². The second-order valence-corrected chi connectivity index (χ2v) is 16.1. The zero-order valence-corrected chi connectivity index (χ0v) is 28.0. The standard InChI is InChI=1S/C31H42F6O11S/c1-17(4-7-25(41)48-29(30(32,33)34,31(35,36)37)13-49(42,43)44)20-5-6-21-26-22(12-24(47-16-40)28(20,21)3)27(2)9-8-19(45-14-38)10-18(27)11-23(26)46-15-39/h14-24,26H,4-13H2,1-3H3,(H,42,43,44)/p-1. The van der Waals surface area contributed by atoms with Crippen molar-refractivity contribution in [2.75, 3.05) is 5.75 Å². The van der Waals surface area contributed by atoms with Gasteiger partial charge in [0.2, 0.25) is 0 Å². The number of hydrogen-bond donors (Lipinski definition) is 0. The van der Waals surface area contributed by atoms with E-state index in [9.17, 15) is 58.5 Å². The van der Waals surface area contributed by atoms with Gasteiger partial charge in [-0.2, -0.15) is 26.3 Å². The van der Waals surface area contributed by atoms with Crippen molar-refractivity contribution in [1.29, 1.82) is 0 Å². The third-order valence-corrected chi connectivity index (χ3v) is 13.3. The smallest absolute Gasteiger partial charge is 0.438 e. The van der Waals surface area contributed by atoms with Crippen LogP contribution in [0.2, 0.25) is 0 Å². The summed E-state index contributed by atoms with van der Waals surface area (Å²) < 4.78 is 136. The van der Waals surface area contributed by atoms with Crippen LogP contribution in [0, 0.1) is 46.3 Å². The Morgan fingerprint density at radius 3 is 2.06 bits per heavy atom. The second-order valence-electron chi connectivity index (χ2n) is 14.6. The van der Waals surface area contributed by atoms with E-state index in [-0.39, 0.29) is 47.5 Å². The minimum absolute atomic E-state index is 0.0258. The molecule has 11 atom stereocenters. The van der Waals surface area contributed by atoms with Gasteiger partial charge in [-0.3, -0.25) is 19.2 Å². The highest BCUT2D eigenvalue weighted by molar-refractivity contribution is 7.85. The topological polar surface area (TPSA) is 162 Å². The maximum atomic E-state index is 13.7. The summed E-state index contributed by atoms with van der Waals surface area (Å²) in [6, 6.07) is 0. The van der Waals surface area contributed by atoms with Gasteiger partial charge in [0.05, 0.1) is 15.9 Å². The van der Waals surface area contributed by atoms with Gasteiger partial charge in [0.15, 0.2) is 0 Å². The molecule has 11 nitrogen and oxygen atoms in total. The second kappa shape index (κ2) is 13.8. The largest absolute Gasteiger partial charge is 0.748 e. The molecule has 18 heteroatoms. The highest BCUT2D eigenvalue weighted by atomic mass is 32.2. The minimum Gasteiger partial charge on any atom is -0.748 e. The maximum absolute atomic E-state index is 13.7. The van der Waals surface area contributed by atoms with E-state index in [0.29, 0.717) is 64.4 Å². The van der Waals surface area contributed by atoms with E-state index >= 15 is 0 Å². The summed E-state index contributed by atoms with van der Waals surface area (Å²) in [5, 5.41) is 0. The monoisotopic (exact) mass is 735 g/mol. The molecule has 4 aliphatic carbocycles. The van der Waals surface area contributed by atoms with Crippen molar-refractivity contribution in [1.82, 2.24) is 0 Å². The molecule has 4 rings (SSSR count). The van der Waals surface area contributed by atoms with Crippen LogP contribution >= 0.6 is 0 Å². The van der Waals surface area contributed by atoms with Gasteiger partial charge in [0, 0.05) is 17.8 Å². The third-order valence-electron chi connectivity index (χ3n) is 12.5. The molecule has 4 fully saturated rings. The summed E-state index contributed by atoms with van der Waals surface area (Å²) in [5.74, 6) is -6.37. The molecule has 0 spiro atoms. The molecule has 0 amide bonds. The summed E-state index contributed by atoms with van der Waals surface area (Å²) in [7, 11) is -6.17. The average molecular weight is 736 g/mol. The molecule has 0 saturated heterocycles. The first kappa shape index (κ1) is 39.2. The van der Waals surface area contributed by atoms with E-state index in [1.807, 2.05) is 6.92 Å². The van der Waals surface area contributed by atoms with Crippen LogP contribution in [0.4, 0.5) is 26.3 Å². The Kier molecular flexibility index (Phi) is 11.1.